The number of rotatable bonds is 6. The molecule has 0 amide bonds. The van der Waals surface area contributed by atoms with Crippen molar-refractivity contribution in [2.24, 2.45) is 0 Å². The molecule has 0 bridgehead atoms. The maximum Gasteiger partial charge on any atom is 0.411 e. The fraction of sp³-hybridized carbons (Fsp3) is 0.600. The molecule has 0 aliphatic heterocycles. The first-order chi connectivity index (χ1) is 7.94. The summed E-state index contributed by atoms with van der Waals surface area (Å²) in [6, 6.07) is 1.47. The highest BCUT2D eigenvalue weighted by atomic mass is 19.4. The molecule has 0 aromatic carbocycles. The Morgan fingerprint density at radius 1 is 1.53 bits per heavy atom. The number of alkyl halides is 3. The van der Waals surface area contributed by atoms with E-state index in [1.54, 1.807) is 0 Å². The number of aromatic nitrogens is 2. The van der Waals surface area contributed by atoms with Crippen molar-refractivity contribution < 1.29 is 22.7 Å². The first kappa shape index (κ1) is 13.7. The molecule has 0 saturated heterocycles. The summed E-state index contributed by atoms with van der Waals surface area (Å²) in [5, 5.41) is 3.90. The number of nitrogens with zero attached hydrogens (tertiary/aromatic N) is 2. The third-order valence-electron chi connectivity index (χ3n) is 1.94. The van der Waals surface area contributed by atoms with E-state index in [9.17, 15) is 18.0 Å². The van der Waals surface area contributed by atoms with Gasteiger partial charge in [-0.25, -0.2) is 0 Å². The third kappa shape index (κ3) is 4.56. The van der Waals surface area contributed by atoms with Gasteiger partial charge in [-0.15, -0.1) is 0 Å². The minimum Gasteiger partial charge on any atom is -0.364 e. The number of carbonyl (C=O) groups excluding carboxylic acids is 1. The monoisotopic (exact) mass is 250 g/mol. The normalized spacial score (nSPS) is 11.8. The highest BCUT2D eigenvalue weighted by Crippen LogP contribution is 2.14. The van der Waals surface area contributed by atoms with Gasteiger partial charge in [0.1, 0.15) is 18.9 Å². The van der Waals surface area contributed by atoms with Gasteiger partial charge in [-0.05, 0) is 12.5 Å². The fourth-order valence-electron chi connectivity index (χ4n) is 1.29. The van der Waals surface area contributed by atoms with E-state index in [4.69, 9.17) is 0 Å². The van der Waals surface area contributed by atoms with Crippen molar-refractivity contribution in [1.82, 2.24) is 9.78 Å². The molecule has 7 heteroatoms. The highest BCUT2D eigenvalue weighted by Gasteiger charge is 2.28. The summed E-state index contributed by atoms with van der Waals surface area (Å²) in [5.74, 6) is -0.500. The minimum absolute atomic E-state index is 0.272. The summed E-state index contributed by atoms with van der Waals surface area (Å²) >= 11 is 0. The molecule has 0 atom stereocenters. The quantitative estimate of drug-likeness (QED) is 0.726. The fourth-order valence-corrected chi connectivity index (χ4v) is 1.29. The van der Waals surface area contributed by atoms with Gasteiger partial charge in [-0.1, -0.05) is 6.92 Å². The topological polar surface area (TPSA) is 44.1 Å². The van der Waals surface area contributed by atoms with Crippen LogP contribution in [0.2, 0.25) is 0 Å². The number of ketones is 1. The Hall–Kier alpha value is -1.37. The first-order valence-corrected chi connectivity index (χ1v) is 5.13. The van der Waals surface area contributed by atoms with E-state index >= 15 is 0 Å². The van der Waals surface area contributed by atoms with Gasteiger partial charge >= 0.3 is 6.18 Å². The number of aryl methyl sites for hydroxylation is 1. The maximum atomic E-state index is 11.8. The Balaban J connectivity index is 2.49. The first-order valence-electron chi connectivity index (χ1n) is 5.13. The Kier molecular flexibility index (Phi) is 4.68. The Morgan fingerprint density at radius 2 is 2.24 bits per heavy atom. The van der Waals surface area contributed by atoms with E-state index in [-0.39, 0.29) is 5.69 Å². The second-order valence-electron chi connectivity index (χ2n) is 3.47. The van der Waals surface area contributed by atoms with E-state index < -0.39 is 25.2 Å². The molecular formula is C10H13F3N2O2. The molecule has 0 spiro atoms. The average Bonchev–Trinajstić information content (AvgIpc) is 2.64. The summed E-state index contributed by atoms with van der Waals surface area (Å²) < 4.78 is 41.1. The molecule has 0 N–H and O–H groups in total. The van der Waals surface area contributed by atoms with Crippen molar-refractivity contribution in [1.29, 1.82) is 0 Å². The van der Waals surface area contributed by atoms with Crippen molar-refractivity contribution in [3.63, 3.8) is 0 Å². The van der Waals surface area contributed by atoms with Crippen LogP contribution in [0, 0.1) is 0 Å². The lowest BCUT2D eigenvalue weighted by Gasteiger charge is -2.08. The van der Waals surface area contributed by atoms with Gasteiger partial charge in [0.2, 0.25) is 5.78 Å². The van der Waals surface area contributed by atoms with Crippen LogP contribution in [-0.2, 0) is 11.3 Å². The zero-order chi connectivity index (χ0) is 12.9. The number of halogens is 3. The van der Waals surface area contributed by atoms with Gasteiger partial charge < -0.3 is 4.74 Å². The van der Waals surface area contributed by atoms with E-state index in [0.29, 0.717) is 6.54 Å². The molecule has 17 heavy (non-hydrogen) atoms. The second-order valence-corrected chi connectivity index (χ2v) is 3.47. The van der Waals surface area contributed by atoms with E-state index in [1.165, 1.54) is 16.9 Å². The van der Waals surface area contributed by atoms with Crippen molar-refractivity contribution in [3.05, 3.63) is 18.0 Å². The van der Waals surface area contributed by atoms with Crippen LogP contribution in [-0.4, -0.2) is 35.0 Å². The lowest BCUT2D eigenvalue weighted by molar-refractivity contribution is -0.170. The van der Waals surface area contributed by atoms with Crippen molar-refractivity contribution >= 4 is 5.78 Å². The lowest BCUT2D eigenvalue weighted by atomic mass is 10.3. The van der Waals surface area contributed by atoms with Gasteiger partial charge in [-0.2, -0.15) is 18.3 Å². The van der Waals surface area contributed by atoms with Crippen LogP contribution >= 0.6 is 0 Å². The van der Waals surface area contributed by atoms with Crippen LogP contribution < -0.4 is 0 Å². The Morgan fingerprint density at radius 3 is 2.82 bits per heavy atom. The smallest absolute Gasteiger partial charge is 0.364 e. The molecule has 0 aliphatic rings. The molecule has 1 heterocycles. The lowest BCUT2D eigenvalue weighted by Crippen LogP contribution is -2.22. The van der Waals surface area contributed by atoms with Gasteiger partial charge in [0.15, 0.2) is 0 Å². The van der Waals surface area contributed by atoms with Crippen LogP contribution in [0.1, 0.15) is 23.8 Å². The summed E-state index contributed by atoms with van der Waals surface area (Å²) in [7, 11) is 0. The molecule has 1 rings (SSSR count). The van der Waals surface area contributed by atoms with Gasteiger partial charge in [0, 0.05) is 12.7 Å². The molecule has 1 aromatic heterocycles. The van der Waals surface area contributed by atoms with Crippen LogP contribution in [0.15, 0.2) is 12.3 Å². The molecule has 0 saturated carbocycles. The number of ether oxygens (including phenoxy) is 1. The van der Waals surface area contributed by atoms with Crippen molar-refractivity contribution in [3.8, 4) is 0 Å². The zero-order valence-electron chi connectivity index (χ0n) is 9.33. The predicted molar refractivity (Wildman–Crippen MR) is 53.7 cm³/mol. The van der Waals surface area contributed by atoms with Crippen molar-refractivity contribution in [2.45, 2.75) is 26.1 Å². The third-order valence-corrected chi connectivity index (χ3v) is 1.94. The van der Waals surface area contributed by atoms with Crippen LogP contribution in [0.4, 0.5) is 13.2 Å². The Labute approximate surface area is 96.4 Å². The average molecular weight is 250 g/mol. The number of hydrogen-bond acceptors (Lipinski definition) is 3. The predicted octanol–water partition coefficient (Wildman–Crippen LogP) is 2.05. The molecule has 0 fully saturated rings. The standard InChI is InChI=1S/C10H13F3N2O2/c1-2-5-15-8(3-4-14-15)9(16)6-17-7-10(11,12)13/h3-4H,2,5-7H2,1H3. The Bertz CT molecular complexity index is 374. The van der Waals surface area contributed by atoms with Gasteiger partial charge in [0.25, 0.3) is 0 Å². The summed E-state index contributed by atoms with van der Waals surface area (Å²) in [5.41, 5.74) is 0.272. The van der Waals surface area contributed by atoms with E-state index in [1.807, 2.05) is 6.92 Å². The minimum atomic E-state index is -4.41. The zero-order valence-corrected chi connectivity index (χ0v) is 9.33. The molecule has 0 radical (unpaired) electrons. The molecule has 1 aromatic rings. The summed E-state index contributed by atoms with van der Waals surface area (Å²) in [6.45, 7) is 0.457. The second kappa shape index (κ2) is 5.81. The van der Waals surface area contributed by atoms with Gasteiger partial charge in [-0.3, -0.25) is 9.48 Å². The molecule has 96 valence electrons. The molecule has 0 aliphatic carbocycles. The molecule has 4 nitrogen and oxygen atoms in total. The van der Waals surface area contributed by atoms with E-state index in [0.717, 1.165) is 6.42 Å². The van der Waals surface area contributed by atoms with E-state index in [2.05, 4.69) is 9.84 Å². The molecular weight excluding hydrogens is 237 g/mol. The van der Waals surface area contributed by atoms with Gasteiger partial charge in [0.05, 0.1) is 0 Å². The highest BCUT2D eigenvalue weighted by molar-refractivity contribution is 5.95. The number of hydrogen-bond donors (Lipinski definition) is 0. The van der Waals surface area contributed by atoms with Crippen LogP contribution in [0.5, 0.6) is 0 Å². The number of carbonyl (C=O) groups is 1. The van der Waals surface area contributed by atoms with Crippen molar-refractivity contribution in [2.75, 3.05) is 13.2 Å². The molecule has 0 unspecified atom stereocenters. The van der Waals surface area contributed by atoms with Crippen LogP contribution in [0.3, 0.4) is 0 Å². The maximum absolute atomic E-state index is 11.8. The SMILES string of the molecule is CCCn1nccc1C(=O)COCC(F)(F)F. The largest absolute Gasteiger partial charge is 0.411 e. The summed E-state index contributed by atoms with van der Waals surface area (Å²) in [4.78, 5) is 11.5. The van der Waals surface area contributed by atoms with Crippen LogP contribution in [0.25, 0.3) is 0 Å². The summed E-state index contributed by atoms with van der Waals surface area (Å²) in [6.07, 6.45) is -2.19. The number of Topliss-reactive ketones (excluding diaryl/α,β-unsaturated/α-hetero) is 1.